The molecule has 2 rings (SSSR count). The Labute approximate surface area is 182 Å². The molecule has 1 aromatic carbocycles. The van der Waals surface area contributed by atoms with E-state index in [1.165, 1.54) is 6.07 Å². The minimum Gasteiger partial charge on any atom is -0.375 e. The van der Waals surface area contributed by atoms with E-state index in [0.717, 1.165) is 22.8 Å². The van der Waals surface area contributed by atoms with Gasteiger partial charge in [0, 0.05) is 26.0 Å². The van der Waals surface area contributed by atoms with Gasteiger partial charge in [-0.1, -0.05) is 19.9 Å². The second-order valence-electron chi connectivity index (χ2n) is 6.55. The van der Waals surface area contributed by atoms with Crippen LogP contribution in [0.25, 0.3) is 0 Å². The summed E-state index contributed by atoms with van der Waals surface area (Å²) < 4.78 is 14.1. The first-order valence-corrected chi connectivity index (χ1v) is 9.70. The highest BCUT2D eigenvalue weighted by molar-refractivity contribution is 14.0. The SMILES string of the molecule is CCNC(=NCc1ccc(N(C)C)c(F)c1)NCc1nc(C(C)C)cs1.I. The van der Waals surface area contributed by atoms with Gasteiger partial charge in [0.05, 0.1) is 24.5 Å². The van der Waals surface area contributed by atoms with E-state index < -0.39 is 0 Å². The molecule has 5 nitrogen and oxygen atoms in total. The summed E-state index contributed by atoms with van der Waals surface area (Å²) in [6, 6.07) is 5.23. The van der Waals surface area contributed by atoms with Gasteiger partial charge in [0.25, 0.3) is 0 Å². The van der Waals surface area contributed by atoms with Gasteiger partial charge in [-0.25, -0.2) is 14.4 Å². The molecule has 0 spiro atoms. The quantitative estimate of drug-likeness (QED) is 0.334. The first-order chi connectivity index (χ1) is 12.4. The van der Waals surface area contributed by atoms with Gasteiger partial charge in [-0.3, -0.25) is 0 Å². The molecule has 0 fully saturated rings. The van der Waals surface area contributed by atoms with E-state index >= 15 is 0 Å². The fourth-order valence-electron chi connectivity index (χ4n) is 2.35. The minimum atomic E-state index is -0.232. The first kappa shape index (κ1) is 23.6. The molecule has 2 N–H and O–H groups in total. The molecule has 1 heterocycles. The molecule has 0 aliphatic carbocycles. The van der Waals surface area contributed by atoms with Gasteiger partial charge in [-0.15, -0.1) is 35.3 Å². The predicted molar refractivity (Wildman–Crippen MR) is 124 cm³/mol. The molecule has 27 heavy (non-hydrogen) atoms. The van der Waals surface area contributed by atoms with Crippen LogP contribution in [0.3, 0.4) is 0 Å². The summed E-state index contributed by atoms with van der Waals surface area (Å²) >= 11 is 1.65. The summed E-state index contributed by atoms with van der Waals surface area (Å²) in [4.78, 5) is 10.9. The largest absolute Gasteiger partial charge is 0.375 e. The van der Waals surface area contributed by atoms with E-state index in [1.807, 2.05) is 27.1 Å². The number of anilines is 1. The lowest BCUT2D eigenvalue weighted by Gasteiger charge is -2.14. The molecule has 8 heteroatoms. The van der Waals surface area contributed by atoms with Gasteiger partial charge >= 0.3 is 0 Å². The number of benzene rings is 1. The molecular weight excluding hydrogens is 476 g/mol. The topological polar surface area (TPSA) is 52.6 Å². The molecule has 2 aromatic rings. The zero-order valence-electron chi connectivity index (χ0n) is 16.5. The third-order valence-corrected chi connectivity index (χ3v) is 4.69. The standard InChI is InChI=1S/C19H28FN5S.HI/c1-6-21-19(23-11-18-24-16(12-26-18)13(2)3)22-10-14-7-8-17(25(4)5)15(20)9-14;/h7-9,12-13H,6,10-11H2,1-5H3,(H2,21,22,23);1H. The van der Waals surface area contributed by atoms with Gasteiger partial charge in [0.15, 0.2) is 5.96 Å². The van der Waals surface area contributed by atoms with Crippen LogP contribution in [0, 0.1) is 5.82 Å². The van der Waals surface area contributed by atoms with E-state index in [-0.39, 0.29) is 29.8 Å². The van der Waals surface area contributed by atoms with Crippen LogP contribution in [0.5, 0.6) is 0 Å². The number of aromatic nitrogens is 1. The average Bonchev–Trinajstić information content (AvgIpc) is 3.06. The van der Waals surface area contributed by atoms with Crippen molar-refractivity contribution in [3.8, 4) is 0 Å². The molecule has 0 saturated heterocycles. The van der Waals surface area contributed by atoms with E-state index in [4.69, 9.17) is 0 Å². The van der Waals surface area contributed by atoms with Gasteiger partial charge in [-0.2, -0.15) is 0 Å². The lowest BCUT2D eigenvalue weighted by Crippen LogP contribution is -2.36. The Bertz CT molecular complexity index is 745. The molecule has 0 saturated carbocycles. The molecule has 1 aromatic heterocycles. The number of thiazole rings is 1. The number of nitrogens with zero attached hydrogens (tertiary/aromatic N) is 3. The third-order valence-electron chi connectivity index (χ3n) is 3.83. The predicted octanol–water partition coefficient (Wildman–Crippen LogP) is 4.34. The summed E-state index contributed by atoms with van der Waals surface area (Å²) in [6.07, 6.45) is 0. The van der Waals surface area contributed by atoms with E-state index in [2.05, 4.69) is 39.8 Å². The number of nitrogens with one attached hydrogen (secondary N) is 2. The summed E-state index contributed by atoms with van der Waals surface area (Å²) in [5.74, 6) is 0.900. The highest BCUT2D eigenvalue weighted by Gasteiger charge is 2.07. The van der Waals surface area contributed by atoms with Gasteiger partial charge in [0.2, 0.25) is 0 Å². The summed E-state index contributed by atoms with van der Waals surface area (Å²) in [7, 11) is 3.65. The Morgan fingerprint density at radius 1 is 1.30 bits per heavy atom. The van der Waals surface area contributed by atoms with Gasteiger partial charge in [-0.05, 0) is 30.5 Å². The van der Waals surface area contributed by atoms with Crippen molar-refractivity contribution < 1.29 is 4.39 Å². The number of hydrogen-bond acceptors (Lipinski definition) is 4. The van der Waals surface area contributed by atoms with Crippen molar-refractivity contribution in [1.82, 2.24) is 15.6 Å². The molecule has 0 aliphatic rings. The number of hydrogen-bond donors (Lipinski definition) is 2. The molecule has 0 bridgehead atoms. The minimum absolute atomic E-state index is 0. The fourth-order valence-corrected chi connectivity index (χ4v) is 3.25. The number of halogens is 2. The summed E-state index contributed by atoms with van der Waals surface area (Å²) in [5.41, 5.74) is 2.53. The first-order valence-electron chi connectivity index (χ1n) is 8.83. The second kappa shape index (κ2) is 11.4. The maximum Gasteiger partial charge on any atom is 0.191 e. The van der Waals surface area contributed by atoms with Crippen LogP contribution in [0.4, 0.5) is 10.1 Å². The number of rotatable bonds is 7. The van der Waals surface area contributed by atoms with Crippen molar-refractivity contribution in [3.63, 3.8) is 0 Å². The Morgan fingerprint density at radius 2 is 2.04 bits per heavy atom. The van der Waals surface area contributed by atoms with Gasteiger partial charge in [0.1, 0.15) is 10.8 Å². The highest BCUT2D eigenvalue weighted by Crippen LogP contribution is 2.19. The van der Waals surface area contributed by atoms with Crippen LogP contribution in [-0.4, -0.2) is 31.6 Å². The number of aliphatic imine (C=N–C) groups is 1. The van der Waals surface area contributed by atoms with Gasteiger partial charge < -0.3 is 15.5 Å². The van der Waals surface area contributed by atoms with Crippen LogP contribution >= 0.6 is 35.3 Å². The van der Waals surface area contributed by atoms with Crippen LogP contribution in [-0.2, 0) is 13.1 Å². The lowest BCUT2D eigenvalue weighted by molar-refractivity contribution is 0.624. The molecule has 150 valence electrons. The normalized spacial score (nSPS) is 11.3. The zero-order valence-corrected chi connectivity index (χ0v) is 19.7. The summed E-state index contributed by atoms with van der Waals surface area (Å²) in [5, 5.41) is 9.63. The molecule has 0 unspecified atom stereocenters. The molecule has 0 atom stereocenters. The van der Waals surface area contributed by atoms with Crippen molar-refractivity contribution in [3.05, 3.63) is 45.7 Å². The fraction of sp³-hybridized carbons (Fsp3) is 0.474. The molecule has 0 aliphatic heterocycles. The van der Waals surface area contributed by atoms with E-state index in [9.17, 15) is 4.39 Å². The van der Waals surface area contributed by atoms with E-state index in [0.29, 0.717) is 30.7 Å². The summed E-state index contributed by atoms with van der Waals surface area (Å²) in [6.45, 7) is 8.08. The van der Waals surface area contributed by atoms with Crippen molar-refractivity contribution in [2.45, 2.75) is 39.8 Å². The van der Waals surface area contributed by atoms with Crippen molar-refractivity contribution in [2.24, 2.45) is 4.99 Å². The van der Waals surface area contributed by atoms with Crippen molar-refractivity contribution in [1.29, 1.82) is 0 Å². The molecule has 0 radical (unpaired) electrons. The Balaban J connectivity index is 0.00000364. The van der Waals surface area contributed by atoms with Crippen LogP contribution in [0.1, 0.15) is 43.0 Å². The molecular formula is C19H29FIN5S. The van der Waals surface area contributed by atoms with Crippen LogP contribution in [0.15, 0.2) is 28.6 Å². The van der Waals surface area contributed by atoms with Crippen LogP contribution < -0.4 is 15.5 Å². The highest BCUT2D eigenvalue weighted by atomic mass is 127. The smallest absolute Gasteiger partial charge is 0.191 e. The number of guanidine groups is 1. The second-order valence-corrected chi connectivity index (χ2v) is 7.49. The monoisotopic (exact) mass is 505 g/mol. The van der Waals surface area contributed by atoms with Crippen molar-refractivity contribution >= 4 is 47.0 Å². The Kier molecular flexibility index (Phi) is 10.00. The molecule has 0 amide bonds. The maximum atomic E-state index is 14.1. The van der Waals surface area contributed by atoms with E-state index in [1.54, 1.807) is 22.3 Å². The Hall–Kier alpha value is -1.42. The van der Waals surface area contributed by atoms with Crippen LogP contribution in [0.2, 0.25) is 0 Å². The average molecular weight is 505 g/mol. The zero-order chi connectivity index (χ0) is 19.1. The lowest BCUT2D eigenvalue weighted by atomic mass is 10.2. The third kappa shape index (κ3) is 7.25. The van der Waals surface area contributed by atoms with Crippen molar-refractivity contribution in [2.75, 3.05) is 25.5 Å². The Morgan fingerprint density at radius 3 is 2.59 bits per heavy atom. The maximum absolute atomic E-state index is 14.1.